The lowest BCUT2D eigenvalue weighted by atomic mass is 9.96. The maximum atomic E-state index is 13.3. The predicted octanol–water partition coefficient (Wildman–Crippen LogP) is 4.64. The van der Waals surface area contributed by atoms with Crippen molar-refractivity contribution >= 4 is 32.2 Å². The van der Waals surface area contributed by atoms with Gasteiger partial charge in [0.15, 0.2) is 5.65 Å². The summed E-state index contributed by atoms with van der Waals surface area (Å²) < 4.78 is 28.0. The molecule has 0 spiro atoms. The largest absolute Gasteiger partial charge is 0.367 e. The van der Waals surface area contributed by atoms with E-state index in [-0.39, 0.29) is 15.6 Å². The first-order chi connectivity index (χ1) is 15.1. The van der Waals surface area contributed by atoms with Crippen LogP contribution in [0.15, 0.2) is 64.5 Å². The molecule has 1 fully saturated rings. The minimum absolute atomic E-state index is 0.120. The van der Waals surface area contributed by atoms with Crippen LogP contribution in [-0.4, -0.2) is 34.3 Å². The summed E-state index contributed by atoms with van der Waals surface area (Å²) in [6.07, 6.45) is 8.40. The maximum absolute atomic E-state index is 13.3. The molecule has 0 radical (unpaired) electrons. The van der Waals surface area contributed by atoms with Crippen molar-refractivity contribution < 1.29 is 8.42 Å². The highest BCUT2D eigenvalue weighted by atomic mass is 32.2. The van der Waals surface area contributed by atoms with Crippen LogP contribution >= 0.6 is 0 Å². The fourth-order valence-corrected chi connectivity index (χ4v) is 5.59. The molecule has 0 atom stereocenters. The van der Waals surface area contributed by atoms with Crippen molar-refractivity contribution in [1.29, 1.82) is 0 Å². The summed E-state index contributed by atoms with van der Waals surface area (Å²) in [5.74, 6) is 0.695. The van der Waals surface area contributed by atoms with Gasteiger partial charge in [-0.25, -0.2) is 13.4 Å². The molecular formula is C23H25N5O2S. The third-order valence-electron chi connectivity index (χ3n) is 5.98. The summed E-state index contributed by atoms with van der Waals surface area (Å²) in [6, 6.07) is 16.4. The van der Waals surface area contributed by atoms with Gasteiger partial charge in [0.2, 0.25) is 14.9 Å². The first kappa shape index (κ1) is 19.9. The van der Waals surface area contributed by atoms with E-state index in [2.05, 4.69) is 15.6 Å². The standard InChI is InChI=1S/C23H25N5O2S/c29-31(30,18-13-7-4-8-14-18)23-22-25-21(24-17-11-5-2-1-3-6-12-17)19-15-9-10-16-20(19)28(22)27-26-23/h4,7-10,13-17H,1-3,5-6,11-12H2,(H,24,25). The van der Waals surface area contributed by atoms with Gasteiger partial charge in [-0.3, -0.25) is 0 Å². The quantitative estimate of drug-likeness (QED) is 0.502. The van der Waals surface area contributed by atoms with Crippen molar-refractivity contribution in [3.8, 4) is 0 Å². The van der Waals surface area contributed by atoms with Gasteiger partial charge in [0.05, 0.1) is 10.4 Å². The smallest absolute Gasteiger partial charge is 0.229 e. The van der Waals surface area contributed by atoms with Crippen LogP contribution in [0.1, 0.15) is 44.9 Å². The van der Waals surface area contributed by atoms with Gasteiger partial charge in [-0.05, 0) is 37.1 Å². The van der Waals surface area contributed by atoms with E-state index in [4.69, 9.17) is 4.98 Å². The monoisotopic (exact) mass is 435 g/mol. The molecule has 1 aliphatic rings. The Morgan fingerprint density at radius 2 is 1.55 bits per heavy atom. The molecule has 4 aromatic rings. The fourth-order valence-electron chi connectivity index (χ4n) is 4.33. The summed E-state index contributed by atoms with van der Waals surface area (Å²) >= 11 is 0. The number of benzene rings is 2. The van der Waals surface area contributed by atoms with E-state index in [1.807, 2.05) is 24.3 Å². The van der Waals surface area contributed by atoms with Gasteiger partial charge in [0, 0.05) is 11.4 Å². The van der Waals surface area contributed by atoms with Crippen LogP contribution in [-0.2, 0) is 9.84 Å². The molecule has 0 unspecified atom stereocenters. The molecule has 7 nitrogen and oxygen atoms in total. The Balaban J connectivity index is 1.64. The molecule has 2 heterocycles. The molecular weight excluding hydrogens is 410 g/mol. The lowest BCUT2D eigenvalue weighted by Crippen LogP contribution is -2.21. The molecule has 1 aliphatic carbocycles. The van der Waals surface area contributed by atoms with E-state index in [0.717, 1.165) is 23.7 Å². The fraction of sp³-hybridized carbons (Fsp3) is 0.348. The van der Waals surface area contributed by atoms with Gasteiger partial charge in [0.1, 0.15) is 5.82 Å². The Kier molecular flexibility index (Phi) is 5.31. The summed E-state index contributed by atoms with van der Waals surface area (Å²) in [4.78, 5) is 4.93. The number of nitrogens with one attached hydrogen (secondary N) is 1. The average molecular weight is 436 g/mol. The van der Waals surface area contributed by atoms with Crippen LogP contribution in [0, 0.1) is 0 Å². The third-order valence-corrected chi connectivity index (χ3v) is 7.64. The van der Waals surface area contributed by atoms with Crippen LogP contribution in [0.3, 0.4) is 0 Å². The molecule has 1 N–H and O–H groups in total. The zero-order valence-corrected chi connectivity index (χ0v) is 18.1. The Bertz CT molecular complexity index is 1310. The second-order valence-electron chi connectivity index (χ2n) is 8.11. The number of anilines is 1. The summed E-state index contributed by atoms with van der Waals surface area (Å²) in [6.45, 7) is 0. The SMILES string of the molecule is O=S(=O)(c1ccccc1)c1nnn2c1nc(NC1CCCCCCC1)c1ccccc12. The van der Waals surface area contributed by atoms with Crippen molar-refractivity contribution in [3.63, 3.8) is 0 Å². The highest BCUT2D eigenvalue weighted by molar-refractivity contribution is 7.91. The number of aromatic nitrogens is 4. The van der Waals surface area contributed by atoms with Crippen molar-refractivity contribution in [1.82, 2.24) is 19.8 Å². The number of hydrogen-bond acceptors (Lipinski definition) is 6. The molecule has 1 saturated carbocycles. The molecule has 2 aromatic carbocycles. The van der Waals surface area contributed by atoms with Crippen molar-refractivity contribution in [2.24, 2.45) is 0 Å². The Morgan fingerprint density at radius 1 is 0.871 bits per heavy atom. The Hall–Kier alpha value is -3.00. The predicted molar refractivity (Wildman–Crippen MR) is 120 cm³/mol. The van der Waals surface area contributed by atoms with E-state index < -0.39 is 9.84 Å². The normalized spacial score (nSPS) is 16.3. The summed E-state index contributed by atoms with van der Waals surface area (Å²) in [7, 11) is -3.84. The van der Waals surface area contributed by atoms with Gasteiger partial charge in [0.25, 0.3) is 0 Å². The molecule has 0 amide bonds. The molecule has 0 aliphatic heterocycles. The van der Waals surface area contributed by atoms with Crippen LogP contribution in [0.5, 0.6) is 0 Å². The average Bonchev–Trinajstić information content (AvgIpc) is 3.21. The van der Waals surface area contributed by atoms with Gasteiger partial charge in [-0.2, -0.15) is 4.52 Å². The van der Waals surface area contributed by atoms with E-state index in [1.54, 1.807) is 30.3 Å². The number of para-hydroxylation sites is 1. The molecule has 31 heavy (non-hydrogen) atoms. The van der Waals surface area contributed by atoms with Crippen molar-refractivity contribution in [2.45, 2.75) is 60.9 Å². The zero-order valence-electron chi connectivity index (χ0n) is 17.2. The van der Waals surface area contributed by atoms with Gasteiger partial charge >= 0.3 is 0 Å². The Labute approximate surface area is 181 Å². The lowest BCUT2D eigenvalue weighted by molar-refractivity contribution is 0.471. The summed E-state index contributed by atoms with van der Waals surface area (Å²) in [5.41, 5.74) is 1.03. The van der Waals surface area contributed by atoms with E-state index in [0.29, 0.717) is 11.9 Å². The number of sulfone groups is 1. The van der Waals surface area contributed by atoms with E-state index >= 15 is 0 Å². The number of nitrogens with zero attached hydrogens (tertiary/aromatic N) is 4. The highest BCUT2D eigenvalue weighted by Gasteiger charge is 2.27. The van der Waals surface area contributed by atoms with Crippen molar-refractivity contribution in [2.75, 3.05) is 5.32 Å². The van der Waals surface area contributed by atoms with Gasteiger partial charge in [-0.1, -0.05) is 67.6 Å². The second-order valence-corrected chi connectivity index (χ2v) is 9.98. The second kappa shape index (κ2) is 8.26. The highest BCUT2D eigenvalue weighted by Crippen LogP contribution is 2.29. The molecule has 5 rings (SSSR count). The van der Waals surface area contributed by atoms with Crippen LogP contribution in [0.2, 0.25) is 0 Å². The molecule has 160 valence electrons. The van der Waals surface area contributed by atoms with Crippen LogP contribution in [0.4, 0.5) is 5.82 Å². The third kappa shape index (κ3) is 3.76. The number of hydrogen-bond donors (Lipinski definition) is 1. The minimum Gasteiger partial charge on any atom is -0.367 e. The number of rotatable bonds is 4. The topological polar surface area (TPSA) is 89.2 Å². The van der Waals surface area contributed by atoms with Crippen LogP contribution < -0.4 is 5.32 Å². The molecule has 0 saturated heterocycles. The summed E-state index contributed by atoms with van der Waals surface area (Å²) in [5, 5.41) is 12.6. The van der Waals surface area contributed by atoms with Gasteiger partial charge < -0.3 is 5.32 Å². The zero-order chi connectivity index (χ0) is 21.3. The van der Waals surface area contributed by atoms with Crippen molar-refractivity contribution in [3.05, 3.63) is 54.6 Å². The minimum atomic E-state index is -3.84. The van der Waals surface area contributed by atoms with Gasteiger partial charge in [-0.15, -0.1) is 5.10 Å². The maximum Gasteiger partial charge on any atom is 0.229 e. The van der Waals surface area contributed by atoms with E-state index in [1.165, 1.54) is 36.6 Å². The first-order valence-electron chi connectivity index (χ1n) is 10.9. The molecule has 8 heteroatoms. The molecule has 2 aromatic heterocycles. The van der Waals surface area contributed by atoms with Crippen LogP contribution in [0.25, 0.3) is 16.6 Å². The molecule has 0 bridgehead atoms. The Morgan fingerprint density at radius 3 is 2.32 bits per heavy atom. The first-order valence-corrected chi connectivity index (χ1v) is 12.3. The number of fused-ring (bicyclic) bond motifs is 3. The van der Waals surface area contributed by atoms with E-state index in [9.17, 15) is 8.42 Å². The lowest BCUT2D eigenvalue weighted by Gasteiger charge is -2.22.